The van der Waals surface area contributed by atoms with Gasteiger partial charge in [0.25, 0.3) is 0 Å². The Morgan fingerprint density at radius 2 is 2.15 bits per heavy atom. The molecule has 2 nitrogen and oxygen atoms in total. The number of rotatable bonds is 6. The van der Waals surface area contributed by atoms with Gasteiger partial charge in [-0.25, -0.2) is 0 Å². The Morgan fingerprint density at radius 3 is 2.80 bits per heavy atom. The van der Waals surface area contributed by atoms with E-state index >= 15 is 0 Å². The summed E-state index contributed by atoms with van der Waals surface area (Å²) in [4.78, 5) is 0. The number of hydrogen-bond acceptors (Lipinski definition) is 2. The van der Waals surface area contributed by atoms with Gasteiger partial charge in [0, 0.05) is 12.1 Å². The summed E-state index contributed by atoms with van der Waals surface area (Å²) in [5.74, 6) is 1.73. The van der Waals surface area contributed by atoms with E-state index in [0.717, 1.165) is 24.9 Å². The maximum Gasteiger partial charge on any atom is 0.0304 e. The van der Waals surface area contributed by atoms with Gasteiger partial charge >= 0.3 is 0 Å². The third-order valence-electron chi connectivity index (χ3n) is 5.64. The first-order valence-electron chi connectivity index (χ1n) is 8.78. The fraction of sp³-hybridized carbons (Fsp3) is 0.889. The Labute approximate surface area is 125 Å². The van der Waals surface area contributed by atoms with Gasteiger partial charge in [-0.2, -0.15) is 0 Å². The van der Waals surface area contributed by atoms with Gasteiger partial charge in [0.2, 0.25) is 0 Å². The summed E-state index contributed by atoms with van der Waals surface area (Å²) in [6, 6.07) is 0. The Bertz CT molecular complexity index is 321. The number of nitrogens with two attached hydrogens (primary N) is 1. The van der Waals surface area contributed by atoms with Gasteiger partial charge in [0.15, 0.2) is 0 Å². The monoisotopic (exact) mass is 278 g/mol. The zero-order chi connectivity index (χ0) is 14.4. The standard InChI is InChI=1S/C18H34N2/c1-15(2)17-8-5-11-18(14-19,12-9-17)20-13-10-16-6-3-4-7-16/h6,15,17,20H,3-5,7-14,19H2,1-2H3. The molecule has 2 rings (SSSR count). The molecule has 1 fully saturated rings. The molecule has 0 aromatic heterocycles. The molecule has 0 aromatic carbocycles. The van der Waals surface area contributed by atoms with E-state index < -0.39 is 0 Å². The van der Waals surface area contributed by atoms with E-state index in [9.17, 15) is 0 Å². The highest BCUT2D eigenvalue weighted by Gasteiger charge is 2.32. The first kappa shape index (κ1) is 16.0. The molecule has 2 atom stereocenters. The van der Waals surface area contributed by atoms with E-state index in [0.29, 0.717) is 0 Å². The van der Waals surface area contributed by atoms with Crippen molar-refractivity contribution in [3.05, 3.63) is 11.6 Å². The molecule has 0 spiro atoms. The maximum atomic E-state index is 6.15. The number of allylic oxidation sites excluding steroid dienone is 1. The van der Waals surface area contributed by atoms with Crippen LogP contribution in [-0.4, -0.2) is 18.6 Å². The Kier molecular flexibility index (Phi) is 6.10. The Morgan fingerprint density at radius 1 is 1.30 bits per heavy atom. The topological polar surface area (TPSA) is 38.0 Å². The largest absolute Gasteiger partial charge is 0.329 e. The van der Waals surface area contributed by atoms with Crippen molar-refractivity contribution in [1.82, 2.24) is 5.32 Å². The van der Waals surface area contributed by atoms with E-state index in [2.05, 4.69) is 25.2 Å². The van der Waals surface area contributed by atoms with Crippen LogP contribution in [0.5, 0.6) is 0 Å². The third-order valence-corrected chi connectivity index (χ3v) is 5.64. The molecule has 20 heavy (non-hydrogen) atoms. The van der Waals surface area contributed by atoms with Crippen molar-refractivity contribution >= 4 is 0 Å². The van der Waals surface area contributed by atoms with Crippen molar-refractivity contribution in [3.63, 3.8) is 0 Å². The zero-order valence-electron chi connectivity index (χ0n) is 13.6. The smallest absolute Gasteiger partial charge is 0.0304 e. The quantitative estimate of drug-likeness (QED) is 0.569. The average molecular weight is 278 g/mol. The summed E-state index contributed by atoms with van der Waals surface area (Å²) in [5, 5.41) is 3.85. The summed E-state index contributed by atoms with van der Waals surface area (Å²) in [6.07, 6.45) is 14.3. The van der Waals surface area contributed by atoms with Crippen LogP contribution >= 0.6 is 0 Å². The molecule has 116 valence electrons. The molecule has 2 unspecified atom stereocenters. The minimum absolute atomic E-state index is 0.225. The molecule has 0 amide bonds. The van der Waals surface area contributed by atoms with Crippen LogP contribution in [0.15, 0.2) is 11.6 Å². The highest BCUT2D eigenvalue weighted by atomic mass is 15.0. The second kappa shape index (κ2) is 7.61. The van der Waals surface area contributed by atoms with E-state index in [4.69, 9.17) is 5.73 Å². The second-order valence-electron chi connectivity index (χ2n) is 7.35. The normalized spacial score (nSPS) is 31.4. The summed E-state index contributed by atoms with van der Waals surface area (Å²) < 4.78 is 0. The van der Waals surface area contributed by atoms with Gasteiger partial charge in [0.1, 0.15) is 0 Å². The van der Waals surface area contributed by atoms with Gasteiger partial charge in [-0.3, -0.25) is 0 Å². The predicted molar refractivity (Wildman–Crippen MR) is 87.8 cm³/mol. The second-order valence-corrected chi connectivity index (χ2v) is 7.35. The Hall–Kier alpha value is -0.340. The van der Waals surface area contributed by atoms with E-state index in [1.54, 1.807) is 5.57 Å². The van der Waals surface area contributed by atoms with E-state index in [1.165, 1.54) is 57.8 Å². The average Bonchev–Trinajstić information content (AvgIpc) is 2.85. The van der Waals surface area contributed by atoms with Crippen molar-refractivity contribution in [1.29, 1.82) is 0 Å². The zero-order valence-corrected chi connectivity index (χ0v) is 13.6. The summed E-state index contributed by atoms with van der Waals surface area (Å²) >= 11 is 0. The van der Waals surface area contributed by atoms with E-state index in [1.807, 2.05) is 0 Å². The lowest BCUT2D eigenvalue weighted by molar-refractivity contribution is 0.280. The first-order chi connectivity index (χ1) is 9.65. The molecule has 0 radical (unpaired) electrons. The molecule has 2 heteroatoms. The predicted octanol–water partition coefficient (Wildman–Crippen LogP) is 4.01. The minimum atomic E-state index is 0.225. The lowest BCUT2D eigenvalue weighted by Crippen LogP contribution is -2.51. The van der Waals surface area contributed by atoms with Crippen LogP contribution in [0.1, 0.15) is 71.6 Å². The van der Waals surface area contributed by atoms with Gasteiger partial charge in [-0.05, 0) is 63.3 Å². The van der Waals surface area contributed by atoms with Crippen LogP contribution in [0, 0.1) is 11.8 Å². The molecule has 0 heterocycles. The molecule has 0 aromatic rings. The van der Waals surface area contributed by atoms with Crippen molar-refractivity contribution < 1.29 is 0 Å². The third kappa shape index (κ3) is 4.33. The highest BCUT2D eigenvalue weighted by Crippen LogP contribution is 2.33. The van der Waals surface area contributed by atoms with Crippen LogP contribution in [0.3, 0.4) is 0 Å². The molecule has 0 saturated heterocycles. The first-order valence-corrected chi connectivity index (χ1v) is 8.78. The molecule has 1 saturated carbocycles. The van der Waals surface area contributed by atoms with Crippen molar-refractivity contribution in [2.24, 2.45) is 17.6 Å². The molecule has 0 bridgehead atoms. The summed E-state index contributed by atoms with van der Waals surface area (Å²) in [6.45, 7) is 6.67. The fourth-order valence-corrected chi connectivity index (χ4v) is 4.01. The van der Waals surface area contributed by atoms with Crippen LogP contribution in [0.4, 0.5) is 0 Å². The van der Waals surface area contributed by atoms with Crippen LogP contribution < -0.4 is 11.1 Å². The molecule has 3 N–H and O–H groups in total. The maximum absolute atomic E-state index is 6.15. The highest BCUT2D eigenvalue weighted by molar-refractivity contribution is 5.08. The van der Waals surface area contributed by atoms with E-state index in [-0.39, 0.29) is 5.54 Å². The fourth-order valence-electron chi connectivity index (χ4n) is 4.01. The molecule has 2 aliphatic rings. The summed E-state index contributed by atoms with van der Waals surface area (Å²) in [7, 11) is 0. The molecular formula is C18H34N2. The van der Waals surface area contributed by atoms with Crippen LogP contribution in [0.25, 0.3) is 0 Å². The van der Waals surface area contributed by atoms with Crippen molar-refractivity contribution in [3.8, 4) is 0 Å². The van der Waals surface area contributed by atoms with Crippen LogP contribution in [-0.2, 0) is 0 Å². The molecule has 0 aliphatic heterocycles. The molecular weight excluding hydrogens is 244 g/mol. The van der Waals surface area contributed by atoms with Gasteiger partial charge in [-0.15, -0.1) is 0 Å². The van der Waals surface area contributed by atoms with Crippen molar-refractivity contribution in [2.45, 2.75) is 77.2 Å². The summed E-state index contributed by atoms with van der Waals surface area (Å²) in [5.41, 5.74) is 8.04. The lowest BCUT2D eigenvalue weighted by atomic mass is 9.86. The SMILES string of the molecule is CC(C)C1CCCC(CN)(NCCC2=CCCC2)CC1. The number of nitrogens with one attached hydrogen (secondary N) is 1. The Balaban J connectivity index is 1.82. The lowest BCUT2D eigenvalue weighted by Gasteiger charge is -2.33. The van der Waals surface area contributed by atoms with Gasteiger partial charge in [-0.1, -0.05) is 38.3 Å². The van der Waals surface area contributed by atoms with Gasteiger partial charge < -0.3 is 11.1 Å². The van der Waals surface area contributed by atoms with Gasteiger partial charge in [0.05, 0.1) is 0 Å². The van der Waals surface area contributed by atoms with Crippen molar-refractivity contribution in [2.75, 3.05) is 13.1 Å². The molecule has 2 aliphatic carbocycles. The van der Waals surface area contributed by atoms with Crippen LogP contribution in [0.2, 0.25) is 0 Å². The number of hydrogen-bond donors (Lipinski definition) is 2. The minimum Gasteiger partial charge on any atom is -0.329 e.